The molecule has 0 atom stereocenters. The van der Waals surface area contributed by atoms with Crippen molar-refractivity contribution in [1.29, 1.82) is 0 Å². The fraction of sp³-hybridized carbons (Fsp3) is 0.259. The maximum Gasteiger partial charge on any atom is 0.336 e. The first-order chi connectivity index (χ1) is 17.2. The van der Waals surface area contributed by atoms with Crippen molar-refractivity contribution >= 4 is 65.7 Å². The Bertz CT molecular complexity index is 1430. The molecule has 0 bridgehead atoms. The first kappa shape index (κ1) is 30.0. The summed E-state index contributed by atoms with van der Waals surface area (Å²) in [6.07, 6.45) is -0.224. The number of hydrogen-bond acceptors (Lipinski definition) is 6. The van der Waals surface area contributed by atoms with Crippen LogP contribution < -0.4 is 11.3 Å². The van der Waals surface area contributed by atoms with Gasteiger partial charge in [-0.2, -0.15) is 0 Å². The van der Waals surface area contributed by atoms with E-state index in [2.05, 4.69) is 31.9 Å². The molecule has 0 aliphatic heterocycles. The van der Waals surface area contributed by atoms with Crippen LogP contribution in [0.15, 0.2) is 75.9 Å². The average molecular weight is 638 g/mol. The highest BCUT2D eigenvalue weighted by molar-refractivity contribution is 9.10. The van der Waals surface area contributed by atoms with Crippen molar-refractivity contribution in [2.45, 2.75) is 40.5 Å². The summed E-state index contributed by atoms with van der Waals surface area (Å²) < 4.78 is 12.0. The van der Waals surface area contributed by atoms with E-state index in [1.807, 2.05) is 38.1 Å². The number of benzene rings is 2. The van der Waals surface area contributed by atoms with E-state index in [4.69, 9.17) is 19.0 Å². The molecule has 0 spiro atoms. The minimum atomic E-state index is -0.962. The molecule has 2 aromatic heterocycles. The van der Waals surface area contributed by atoms with Gasteiger partial charge in [0, 0.05) is 31.9 Å². The highest BCUT2D eigenvalue weighted by Gasteiger charge is 2.24. The van der Waals surface area contributed by atoms with E-state index in [1.54, 1.807) is 26.0 Å². The van der Waals surface area contributed by atoms with Crippen LogP contribution in [0.1, 0.15) is 37.8 Å². The van der Waals surface area contributed by atoms with Gasteiger partial charge in [0.2, 0.25) is 0 Å². The van der Waals surface area contributed by atoms with Gasteiger partial charge < -0.3 is 19.0 Å². The number of aliphatic carboxylic acids is 2. The number of carboxylic acids is 2. The largest absolute Gasteiger partial charge is 0.481 e. The fourth-order valence-corrected chi connectivity index (χ4v) is 4.19. The second-order valence-corrected chi connectivity index (χ2v) is 10.9. The van der Waals surface area contributed by atoms with Crippen LogP contribution in [0.25, 0.3) is 21.9 Å². The zero-order valence-corrected chi connectivity index (χ0v) is 23.8. The second kappa shape index (κ2) is 12.8. The van der Waals surface area contributed by atoms with Crippen molar-refractivity contribution < 1.29 is 28.6 Å². The quantitative estimate of drug-likeness (QED) is 0.236. The first-order valence-electron chi connectivity index (χ1n) is 11.0. The number of hydrogen-bond donors (Lipinski definition) is 2. The second-order valence-electron chi connectivity index (χ2n) is 9.08. The third kappa shape index (κ3) is 9.62. The summed E-state index contributed by atoms with van der Waals surface area (Å²) in [6.45, 7) is 7.03. The molecule has 0 amide bonds. The Morgan fingerprint density at radius 2 is 1.08 bits per heavy atom. The zero-order chi connectivity index (χ0) is 27.9. The summed E-state index contributed by atoms with van der Waals surface area (Å²) in [5.41, 5.74) is 1.89. The van der Waals surface area contributed by atoms with Gasteiger partial charge in [-0.25, -0.2) is 9.59 Å². The lowest BCUT2D eigenvalue weighted by molar-refractivity contribution is -0.142. The standard InChI is InChI=1S/2C10H7BrO2.C7H12O4/c2*1-6-4-10(12)13-9-3-2-7(11)5-8(6)9;1-7(2,3-5(8)9)4-6(10)11/h2*2-5H,1H3;3-4H2,1-2H3,(H,8,9)(H,10,11). The van der Waals surface area contributed by atoms with E-state index in [-0.39, 0.29) is 24.1 Å². The van der Waals surface area contributed by atoms with Crippen LogP contribution in [0.5, 0.6) is 0 Å². The molecular formula is C27H26Br2O8. The molecule has 2 N–H and O–H groups in total. The Balaban J connectivity index is 0.000000196. The van der Waals surface area contributed by atoms with Crippen LogP contribution in [0.2, 0.25) is 0 Å². The molecular weight excluding hydrogens is 612 g/mol. The maximum absolute atomic E-state index is 11.0. The van der Waals surface area contributed by atoms with Crippen molar-refractivity contribution in [2.75, 3.05) is 0 Å². The topological polar surface area (TPSA) is 135 Å². The van der Waals surface area contributed by atoms with E-state index >= 15 is 0 Å². The minimum absolute atomic E-state index is 0.112. The molecule has 8 nitrogen and oxygen atoms in total. The molecule has 0 saturated carbocycles. The predicted molar refractivity (Wildman–Crippen MR) is 148 cm³/mol. The third-order valence-corrected chi connectivity index (χ3v) is 6.07. The maximum atomic E-state index is 11.0. The van der Waals surface area contributed by atoms with Gasteiger partial charge in [0.1, 0.15) is 11.2 Å². The van der Waals surface area contributed by atoms with Gasteiger partial charge in [-0.05, 0) is 66.8 Å². The van der Waals surface area contributed by atoms with Gasteiger partial charge in [0.15, 0.2) is 0 Å². The molecule has 4 rings (SSSR count). The van der Waals surface area contributed by atoms with Gasteiger partial charge in [0.25, 0.3) is 0 Å². The first-order valence-corrected chi connectivity index (χ1v) is 12.6. The molecule has 0 saturated heterocycles. The molecule has 37 heavy (non-hydrogen) atoms. The normalized spacial score (nSPS) is 10.8. The Labute approximate surface area is 229 Å². The molecule has 0 radical (unpaired) electrons. The van der Waals surface area contributed by atoms with Crippen molar-refractivity contribution in [3.63, 3.8) is 0 Å². The molecule has 0 aliphatic rings. The number of rotatable bonds is 4. The number of carbonyl (C=O) groups is 2. The van der Waals surface area contributed by atoms with Crippen molar-refractivity contribution in [3.8, 4) is 0 Å². The molecule has 2 aromatic carbocycles. The monoisotopic (exact) mass is 636 g/mol. The van der Waals surface area contributed by atoms with Crippen molar-refractivity contribution in [1.82, 2.24) is 0 Å². The molecule has 0 aliphatic carbocycles. The van der Waals surface area contributed by atoms with E-state index in [1.165, 1.54) is 12.1 Å². The lowest BCUT2D eigenvalue weighted by Crippen LogP contribution is -2.20. The molecule has 0 unspecified atom stereocenters. The van der Waals surface area contributed by atoms with Crippen molar-refractivity contribution in [3.05, 3.63) is 89.4 Å². The smallest absolute Gasteiger partial charge is 0.336 e. The molecule has 4 aromatic rings. The molecule has 2 heterocycles. The number of aryl methyl sites for hydroxylation is 2. The Morgan fingerprint density at radius 1 is 0.730 bits per heavy atom. The Morgan fingerprint density at radius 3 is 1.41 bits per heavy atom. The number of halogens is 2. The number of fused-ring (bicyclic) bond motifs is 2. The summed E-state index contributed by atoms with van der Waals surface area (Å²) in [6, 6.07) is 14.1. The van der Waals surface area contributed by atoms with Gasteiger partial charge >= 0.3 is 23.2 Å². The molecule has 196 valence electrons. The average Bonchev–Trinajstić information content (AvgIpc) is 2.74. The molecule has 10 heteroatoms. The zero-order valence-electron chi connectivity index (χ0n) is 20.6. The summed E-state index contributed by atoms with van der Waals surface area (Å²) in [4.78, 5) is 42.4. The third-order valence-electron chi connectivity index (χ3n) is 5.08. The van der Waals surface area contributed by atoms with E-state index in [0.717, 1.165) is 30.8 Å². The SMILES string of the molecule is CC(C)(CC(=O)O)CC(=O)O.Cc1cc(=O)oc2ccc(Br)cc12.Cc1cc(=O)oc2ccc(Br)cc12. The van der Waals surface area contributed by atoms with Crippen LogP contribution >= 0.6 is 31.9 Å². The summed E-state index contributed by atoms with van der Waals surface area (Å²) in [7, 11) is 0. The lowest BCUT2D eigenvalue weighted by atomic mass is 9.86. The van der Waals surface area contributed by atoms with Crippen molar-refractivity contribution in [2.24, 2.45) is 5.41 Å². The number of carboxylic acid groups (broad SMARTS) is 2. The highest BCUT2D eigenvalue weighted by Crippen LogP contribution is 2.24. The lowest BCUT2D eigenvalue weighted by Gasteiger charge is -2.18. The van der Waals surface area contributed by atoms with Crippen LogP contribution in [-0.2, 0) is 9.59 Å². The molecule has 0 fully saturated rings. The van der Waals surface area contributed by atoms with Gasteiger partial charge in [-0.15, -0.1) is 0 Å². The van der Waals surface area contributed by atoms with Gasteiger partial charge in [-0.3, -0.25) is 9.59 Å². The van der Waals surface area contributed by atoms with Crippen LogP contribution in [0, 0.1) is 19.3 Å². The van der Waals surface area contributed by atoms with Crippen LogP contribution in [-0.4, -0.2) is 22.2 Å². The minimum Gasteiger partial charge on any atom is -0.481 e. The van der Waals surface area contributed by atoms with E-state index < -0.39 is 17.4 Å². The van der Waals surface area contributed by atoms with Gasteiger partial charge in [-0.1, -0.05) is 45.7 Å². The summed E-state index contributed by atoms with van der Waals surface area (Å²) in [5, 5.41) is 18.7. The Hall–Kier alpha value is -3.24. The Kier molecular flexibility index (Phi) is 10.4. The van der Waals surface area contributed by atoms with E-state index in [9.17, 15) is 19.2 Å². The fourth-order valence-electron chi connectivity index (χ4n) is 3.46. The van der Waals surface area contributed by atoms with Crippen LogP contribution in [0.3, 0.4) is 0 Å². The highest BCUT2D eigenvalue weighted by atomic mass is 79.9. The van der Waals surface area contributed by atoms with Crippen LogP contribution in [0.4, 0.5) is 0 Å². The van der Waals surface area contributed by atoms with Gasteiger partial charge in [0.05, 0.1) is 12.8 Å². The van der Waals surface area contributed by atoms with E-state index in [0.29, 0.717) is 11.2 Å². The predicted octanol–water partition coefficient (Wildman–Crippen LogP) is 6.69. The summed E-state index contributed by atoms with van der Waals surface area (Å²) >= 11 is 6.73. The summed E-state index contributed by atoms with van der Waals surface area (Å²) in [5.74, 6) is -1.92.